The summed E-state index contributed by atoms with van der Waals surface area (Å²) in [5.41, 5.74) is 5.31. The lowest BCUT2D eigenvalue weighted by Gasteiger charge is -2.23. The van der Waals surface area contributed by atoms with E-state index in [1.165, 1.54) is 19.3 Å². The van der Waals surface area contributed by atoms with E-state index in [2.05, 4.69) is 55.6 Å². The summed E-state index contributed by atoms with van der Waals surface area (Å²) in [6.45, 7) is 3.90. The van der Waals surface area contributed by atoms with Crippen LogP contribution in [0.2, 0.25) is 0 Å². The molecular weight excluding hydrogens is 527 g/mol. The van der Waals surface area contributed by atoms with E-state index >= 15 is 0 Å². The number of carbonyl (C=O) groups is 1. The minimum absolute atomic E-state index is 0.0691. The molecule has 0 heterocycles. The number of hydrogen-bond donors (Lipinski definition) is 4. The van der Waals surface area contributed by atoms with Gasteiger partial charge < -0.3 is 21.1 Å². The number of phosphoric ester groups is 1. The molecule has 0 rings (SSSR count). The molecule has 232 valence electrons. The Hall–Kier alpha value is -1.54. The van der Waals surface area contributed by atoms with Crippen LogP contribution in [0.25, 0.3) is 0 Å². The molecule has 0 aliphatic carbocycles. The SMILES string of the molecule is CCC/C=C/CC/C=C/C(O)C(COP(=O)(O)OCCN)NC(=O)CCCCCCC/C=C\C/C=C\CCCC. The summed E-state index contributed by atoms with van der Waals surface area (Å²) >= 11 is 0. The standard InChI is InChI=1S/C31H57N2O6P/c1-3-5-7-9-11-12-13-14-15-16-17-19-21-23-25-31(35)33-29(28-39-40(36,37)38-27-26-32)30(34)24-22-20-18-10-8-6-4-2/h8-11,13-14,22,24,29-30,34H,3-7,12,15-21,23,25-28,32H2,1-2H3,(H,33,35)(H,36,37)/b10-8+,11-9-,14-13-,24-22+. The van der Waals surface area contributed by atoms with Crippen LogP contribution in [-0.2, 0) is 18.4 Å². The monoisotopic (exact) mass is 584 g/mol. The Bertz CT molecular complexity index is 769. The molecule has 0 bridgehead atoms. The minimum Gasteiger partial charge on any atom is -0.387 e. The molecule has 0 fully saturated rings. The number of amides is 1. The fourth-order valence-electron chi connectivity index (χ4n) is 3.76. The minimum atomic E-state index is -4.33. The normalized spacial score (nSPS) is 15.4. The Morgan fingerprint density at radius 1 is 0.825 bits per heavy atom. The zero-order valence-electron chi connectivity index (χ0n) is 25.1. The predicted octanol–water partition coefficient (Wildman–Crippen LogP) is 7.04. The summed E-state index contributed by atoms with van der Waals surface area (Å²) < 4.78 is 21.8. The van der Waals surface area contributed by atoms with E-state index in [1.807, 2.05) is 6.08 Å². The largest absolute Gasteiger partial charge is 0.472 e. The Morgan fingerprint density at radius 3 is 2.15 bits per heavy atom. The first-order valence-electron chi connectivity index (χ1n) is 15.3. The summed E-state index contributed by atoms with van der Waals surface area (Å²) in [4.78, 5) is 22.3. The first kappa shape index (κ1) is 38.5. The lowest BCUT2D eigenvalue weighted by molar-refractivity contribution is -0.123. The fraction of sp³-hybridized carbons (Fsp3) is 0.710. The third-order valence-corrected chi connectivity index (χ3v) is 7.09. The number of carbonyl (C=O) groups excluding carboxylic acids is 1. The van der Waals surface area contributed by atoms with Gasteiger partial charge in [0.15, 0.2) is 0 Å². The molecule has 3 unspecified atom stereocenters. The third-order valence-electron chi connectivity index (χ3n) is 6.11. The van der Waals surface area contributed by atoms with Crippen LogP contribution in [0.1, 0.15) is 110 Å². The molecule has 0 aromatic heterocycles. The second kappa shape index (κ2) is 27.6. The molecule has 1 amide bonds. The van der Waals surface area contributed by atoms with Gasteiger partial charge >= 0.3 is 7.82 Å². The summed E-state index contributed by atoms with van der Waals surface area (Å²) in [7, 11) is -4.33. The highest BCUT2D eigenvalue weighted by atomic mass is 31.2. The van der Waals surface area contributed by atoms with Crippen LogP contribution in [0.3, 0.4) is 0 Å². The predicted molar refractivity (Wildman–Crippen MR) is 166 cm³/mol. The van der Waals surface area contributed by atoms with Crippen LogP contribution in [-0.4, -0.2) is 47.8 Å². The molecule has 0 aromatic carbocycles. The number of allylic oxidation sites excluding steroid dienone is 7. The molecule has 5 N–H and O–H groups in total. The molecule has 40 heavy (non-hydrogen) atoms. The fourth-order valence-corrected chi connectivity index (χ4v) is 4.52. The number of aliphatic hydroxyl groups is 1. The van der Waals surface area contributed by atoms with Crippen molar-refractivity contribution in [1.29, 1.82) is 0 Å². The van der Waals surface area contributed by atoms with E-state index in [9.17, 15) is 19.4 Å². The number of hydrogen-bond acceptors (Lipinski definition) is 6. The van der Waals surface area contributed by atoms with Crippen molar-refractivity contribution in [3.63, 3.8) is 0 Å². The van der Waals surface area contributed by atoms with Gasteiger partial charge in [-0.2, -0.15) is 0 Å². The van der Waals surface area contributed by atoms with E-state index in [0.29, 0.717) is 6.42 Å². The van der Waals surface area contributed by atoms with Crippen LogP contribution in [0.4, 0.5) is 0 Å². The maximum atomic E-state index is 12.5. The topological polar surface area (TPSA) is 131 Å². The summed E-state index contributed by atoms with van der Waals surface area (Å²) in [5, 5.41) is 13.4. The Labute approximate surface area is 243 Å². The van der Waals surface area contributed by atoms with Crippen molar-refractivity contribution in [3.05, 3.63) is 48.6 Å². The number of aliphatic hydroxyl groups excluding tert-OH is 1. The van der Waals surface area contributed by atoms with Gasteiger partial charge in [-0.25, -0.2) is 4.57 Å². The smallest absolute Gasteiger partial charge is 0.387 e. The molecule has 0 aliphatic rings. The van der Waals surface area contributed by atoms with E-state index < -0.39 is 20.0 Å². The Kier molecular flexibility index (Phi) is 26.6. The van der Waals surface area contributed by atoms with Gasteiger partial charge in [-0.1, -0.05) is 101 Å². The lowest BCUT2D eigenvalue weighted by Crippen LogP contribution is -2.45. The zero-order chi connectivity index (χ0) is 29.7. The van der Waals surface area contributed by atoms with E-state index in [0.717, 1.165) is 70.6 Å². The highest BCUT2D eigenvalue weighted by Gasteiger charge is 2.26. The highest BCUT2D eigenvalue weighted by Crippen LogP contribution is 2.43. The number of rotatable bonds is 27. The van der Waals surface area contributed by atoms with E-state index in [-0.39, 0.29) is 25.7 Å². The first-order chi connectivity index (χ1) is 19.4. The van der Waals surface area contributed by atoms with E-state index in [1.54, 1.807) is 6.08 Å². The number of nitrogens with two attached hydrogens (primary N) is 1. The summed E-state index contributed by atoms with van der Waals surface area (Å²) in [6, 6.07) is -0.880. The first-order valence-corrected chi connectivity index (χ1v) is 16.8. The van der Waals surface area contributed by atoms with Crippen LogP contribution < -0.4 is 11.1 Å². The molecule has 0 spiro atoms. The van der Waals surface area contributed by atoms with Crippen LogP contribution in [0.15, 0.2) is 48.6 Å². The molecule has 0 saturated heterocycles. The van der Waals surface area contributed by atoms with Gasteiger partial charge in [0.25, 0.3) is 0 Å². The van der Waals surface area contributed by atoms with Crippen molar-refractivity contribution in [2.45, 2.75) is 122 Å². The second-order valence-corrected chi connectivity index (χ2v) is 11.4. The second-order valence-electron chi connectivity index (χ2n) is 9.94. The van der Waals surface area contributed by atoms with Crippen molar-refractivity contribution in [2.75, 3.05) is 19.8 Å². The van der Waals surface area contributed by atoms with Gasteiger partial charge in [-0.05, 0) is 51.4 Å². The maximum absolute atomic E-state index is 12.5. The van der Waals surface area contributed by atoms with Crippen molar-refractivity contribution in [1.82, 2.24) is 5.32 Å². The van der Waals surface area contributed by atoms with Gasteiger partial charge in [0.2, 0.25) is 5.91 Å². The molecule has 0 saturated carbocycles. The van der Waals surface area contributed by atoms with Crippen molar-refractivity contribution < 1.29 is 28.4 Å². The van der Waals surface area contributed by atoms with Gasteiger partial charge in [0, 0.05) is 13.0 Å². The highest BCUT2D eigenvalue weighted by molar-refractivity contribution is 7.47. The van der Waals surface area contributed by atoms with Gasteiger partial charge in [-0.3, -0.25) is 13.8 Å². The van der Waals surface area contributed by atoms with Crippen molar-refractivity contribution in [3.8, 4) is 0 Å². The quantitative estimate of drug-likeness (QED) is 0.0463. The van der Waals surface area contributed by atoms with E-state index in [4.69, 9.17) is 14.8 Å². The van der Waals surface area contributed by atoms with Gasteiger partial charge in [0.05, 0.1) is 25.4 Å². The average molecular weight is 585 g/mol. The maximum Gasteiger partial charge on any atom is 0.472 e. The van der Waals surface area contributed by atoms with Gasteiger partial charge in [0.1, 0.15) is 0 Å². The molecule has 8 nitrogen and oxygen atoms in total. The van der Waals surface area contributed by atoms with Crippen molar-refractivity contribution >= 4 is 13.7 Å². The molecule has 0 aliphatic heterocycles. The molecule has 0 aromatic rings. The number of unbranched alkanes of at least 4 members (excludes halogenated alkanes) is 9. The molecule has 3 atom stereocenters. The molecule has 9 heteroatoms. The van der Waals surface area contributed by atoms with Crippen LogP contribution in [0.5, 0.6) is 0 Å². The summed E-state index contributed by atoms with van der Waals surface area (Å²) in [6.07, 6.45) is 30.4. The molecule has 0 radical (unpaired) electrons. The van der Waals surface area contributed by atoms with Crippen molar-refractivity contribution in [2.24, 2.45) is 5.73 Å². The van der Waals surface area contributed by atoms with Crippen LogP contribution in [0, 0.1) is 0 Å². The Balaban J connectivity index is 4.43. The molecular formula is C31H57N2O6P. The van der Waals surface area contributed by atoms with Gasteiger partial charge in [-0.15, -0.1) is 0 Å². The number of nitrogens with one attached hydrogen (secondary N) is 1. The lowest BCUT2D eigenvalue weighted by atomic mass is 10.1. The zero-order valence-corrected chi connectivity index (χ0v) is 25.9. The summed E-state index contributed by atoms with van der Waals surface area (Å²) in [5.74, 6) is -0.228. The number of phosphoric acid groups is 1. The van der Waals surface area contributed by atoms with Crippen LogP contribution >= 0.6 is 7.82 Å². The average Bonchev–Trinajstić information content (AvgIpc) is 2.93. The third kappa shape index (κ3) is 25.4. The Morgan fingerprint density at radius 2 is 1.45 bits per heavy atom.